The zero-order chi connectivity index (χ0) is 24.5. The standard InChI is InChI=1S/C24H25ClFN3O4/c1-10-7-8-13(33-10)21(23(2,3)4)28-18-17(19(30)20(18)31)27-16-12(26)9-11(25)15-14(16)22(32)29-24(15,5)6/h7-9,21,27-28H,1-6H3,(H,29,32). The highest BCUT2D eigenvalue weighted by Gasteiger charge is 2.41. The van der Waals surface area contributed by atoms with Crippen LogP contribution in [0.25, 0.3) is 0 Å². The van der Waals surface area contributed by atoms with Crippen LogP contribution < -0.4 is 26.8 Å². The lowest BCUT2D eigenvalue weighted by molar-refractivity contribution is 0.0940. The number of amides is 1. The molecule has 3 N–H and O–H groups in total. The number of hydrogen-bond acceptors (Lipinski definition) is 6. The first-order valence-electron chi connectivity index (χ1n) is 10.5. The van der Waals surface area contributed by atoms with Gasteiger partial charge in [0.05, 0.1) is 22.8 Å². The van der Waals surface area contributed by atoms with Gasteiger partial charge >= 0.3 is 0 Å². The lowest BCUT2D eigenvalue weighted by Crippen LogP contribution is -2.39. The average molecular weight is 474 g/mol. The van der Waals surface area contributed by atoms with Gasteiger partial charge in [0.2, 0.25) is 0 Å². The Morgan fingerprint density at radius 3 is 2.30 bits per heavy atom. The predicted molar refractivity (Wildman–Crippen MR) is 126 cm³/mol. The molecule has 1 atom stereocenters. The van der Waals surface area contributed by atoms with Gasteiger partial charge in [-0.1, -0.05) is 32.4 Å². The highest BCUT2D eigenvalue weighted by molar-refractivity contribution is 6.32. The number of carbonyl (C=O) groups excluding carboxylic acids is 1. The molecular weight excluding hydrogens is 449 g/mol. The second kappa shape index (κ2) is 7.45. The molecule has 2 aromatic carbocycles. The van der Waals surface area contributed by atoms with E-state index in [4.69, 9.17) is 16.0 Å². The van der Waals surface area contributed by atoms with Gasteiger partial charge in [0, 0.05) is 10.6 Å². The second-order valence-electron chi connectivity index (χ2n) is 9.97. The number of aryl methyl sites for hydroxylation is 1. The molecule has 1 aliphatic rings. The molecule has 7 nitrogen and oxygen atoms in total. The van der Waals surface area contributed by atoms with Crippen molar-refractivity contribution in [3.63, 3.8) is 0 Å². The first-order chi connectivity index (χ1) is 15.2. The molecular formula is C24H25ClFN3O4. The fourth-order valence-electron chi connectivity index (χ4n) is 4.23. The van der Waals surface area contributed by atoms with Gasteiger partial charge in [-0.3, -0.25) is 14.4 Å². The Morgan fingerprint density at radius 2 is 1.73 bits per heavy atom. The average Bonchev–Trinajstić information content (AvgIpc) is 3.21. The molecule has 0 fully saturated rings. The second-order valence-corrected chi connectivity index (χ2v) is 10.4. The van der Waals surface area contributed by atoms with E-state index in [1.54, 1.807) is 19.9 Å². The van der Waals surface area contributed by atoms with Crippen molar-refractivity contribution in [3.8, 4) is 0 Å². The quantitative estimate of drug-likeness (QED) is 0.456. The van der Waals surface area contributed by atoms with Crippen LogP contribution in [0.2, 0.25) is 5.02 Å². The van der Waals surface area contributed by atoms with Crippen LogP contribution in [0.15, 0.2) is 32.2 Å². The van der Waals surface area contributed by atoms with Gasteiger partial charge in [-0.25, -0.2) is 4.39 Å². The van der Waals surface area contributed by atoms with E-state index < -0.39 is 39.6 Å². The molecule has 1 aromatic heterocycles. The minimum atomic E-state index is -0.822. The van der Waals surface area contributed by atoms with Crippen molar-refractivity contribution >= 4 is 34.6 Å². The summed E-state index contributed by atoms with van der Waals surface area (Å²) in [6.45, 7) is 11.2. The normalized spacial score (nSPS) is 15.9. The van der Waals surface area contributed by atoms with E-state index in [9.17, 15) is 18.8 Å². The van der Waals surface area contributed by atoms with Crippen molar-refractivity contribution in [3.05, 3.63) is 72.1 Å². The number of rotatable bonds is 5. The van der Waals surface area contributed by atoms with Crippen LogP contribution in [-0.2, 0) is 5.54 Å². The van der Waals surface area contributed by atoms with Crippen molar-refractivity contribution < 1.29 is 13.6 Å². The maximum atomic E-state index is 14.9. The summed E-state index contributed by atoms with van der Waals surface area (Å²) in [4.78, 5) is 37.6. The molecule has 1 amide bonds. The molecule has 0 spiro atoms. The first kappa shape index (κ1) is 23.0. The van der Waals surface area contributed by atoms with Crippen LogP contribution in [0.3, 0.4) is 0 Å². The number of nitrogens with one attached hydrogen (secondary N) is 3. The molecule has 33 heavy (non-hydrogen) atoms. The van der Waals surface area contributed by atoms with Gasteiger partial charge in [-0.2, -0.15) is 0 Å². The lowest BCUT2D eigenvalue weighted by Gasteiger charge is -2.31. The fourth-order valence-corrected chi connectivity index (χ4v) is 4.66. The van der Waals surface area contributed by atoms with Gasteiger partial charge < -0.3 is 20.4 Å². The summed E-state index contributed by atoms with van der Waals surface area (Å²) in [7, 11) is 0. The minimum Gasteiger partial charge on any atom is -0.464 e. The summed E-state index contributed by atoms with van der Waals surface area (Å²) in [6.07, 6.45) is 0. The van der Waals surface area contributed by atoms with Crippen LogP contribution in [0.5, 0.6) is 0 Å². The molecule has 0 aliphatic carbocycles. The largest absolute Gasteiger partial charge is 0.464 e. The van der Waals surface area contributed by atoms with Crippen LogP contribution >= 0.6 is 11.6 Å². The molecule has 1 aliphatic heterocycles. The van der Waals surface area contributed by atoms with Gasteiger partial charge in [0.15, 0.2) is 0 Å². The van der Waals surface area contributed by atoms with Crippen molar-refractivity contribution in [2.24, 2.45) is 5.41 Å². The van der Waals surface area contributed by atoms with Crippen LogP contribution in [0.4, 0.5) is 21.5 Å². The highest BCUT2D eigenvalue weighted by atomic mass is 35.5. The van der Waals surface area contributed by atoms with E-state index in [2.05, 4.69) is 16.0 Å². The zero-order valence-electron chi connectivity index (χ0n) is 19.2. The molecule has 9 heteroatoms. The lowest BCUT2D eigenvalue weighted by atomic mass is 9.84. The zero-order valence-corrected chi connectivity index (χ0v) is 20.0. The van der Waals surface area contributed by atoms with E-state index in [0.717, 1.165) is 6.07 Å². The molecule has 1 unspecified atom stereocenters. The van der Waals surface area contributed by atoms with Crippen molar-refractivity contribution in [2.75, 3.05) is 10.6 Å². The number of carbonyl (C=O) groups is 1. The van der Waals surface area contributed by atoms with Gasteiger partial charge in [-0.05, 0) is 44.4 Å². The van der Waals surface area contributed by atoms with Crippen LogP contribution in [0, 0.1) is 18.2 Å². The fraction of sp³-hybridized carbons (Fsp3) is 0.375. The third kappa shape index (κ3) is 3.72. The molecule has 174 valence electrons. The Morgan fingerprint density at radius 1 is 1.09 bits per heavy atom. The topological polar surface area (TPSA) is 100 Å². The molecule has 0 saturated carbocycles. The van der Waals surface area contributed by atoms with E-state index in [0.29, 0.717) is 17.1 Å². The summed E-state index contributed by atoms with van der Waals surface area (Å²) in [6, 6.07) is 4.25. The summed E-state index contributed by atoms with van der Waals surface area (Å²) >= 11 is 6.23. The highest BCUT2D eigenvalue weighted by Crippen LogP contribution is 2.43. The number of furan rings is 1. The monoisotopic (exact) mass is 473 g/mol. The van der Waals surface area contributed by atoms with Gasteiger partial charge in [0.25, 0.3) is 16.8 Å². The van der Waals surface area contributed by atoms with Gasteiger partial charge in [0.1, 0.15) is 28.7 Å². The number of anilines is 3. The van der Waals surface area contributed by atoms with E-state index in [1.807, 2.05) is 33.8 Å². The molecule has 3 aromatic rings. The first-order valence-corrected chi connectivity index (χ1v) is 10.9. The Kier molecular flexibility index (Phi) is 5.20. The third-order valence-corrected chi connectivity index (χ3v) is 6.17. The van der Waals surface area contributed by atoms with Crippen molar-refractivity contribution in [1.82, 2.24) is 5.32 Å². The molecule has 0 saturated heterocycles. The van der Waals surface area contributed by atoms with Crippen molar-refractivity contribution in [2.45, 2.75) is 53.1 Å². The Hall–Kier alpha value is -3.13. The summed E-state index contributed by atoms with van der Waals surface area (Å²) in [5, 5.41) is 8.67. The van der Waals surface area contributed by atoms with Gasteiger partial charge in [-0.15, -0.1) is 0 Å². The molecule has 4 rings (SSSR count). The van der Waals surface area contributed by atoms with E-state index in [1.165, 1.54) is 0 Å². The summed E-state index contributed by atoms with van der Waals surface area (Å²) in [5.74, 6) is -0.0270. The number of benzene rings is 1. The number of halogens is 2. The summed E-state index contributed by atoms with van der Waals surface area (Å²) in [5.41, 5.74) is -2.62. The van der Waals surface area contributed by atoms with E-state index >= 15 is 0 Å². The summed E-state index contributed by atoms with van der Waals surface area (Å²) < 4.78 is 20.7. The molecule has 0 bridgehead atoms. The molecule has 2 heterocycles. The Bertz CT molecular complexity index is 1360. The minimum absolute atomic E-state index is 0.00902. The smallest absolute Gasteiger partial charge is 0.254 e. The molecule has 0 radical (unpaired) electrons. The number of fused-ring (bicyclic) bond motifs is 1. The Balaban J connectivity index is 1.77. The van der Waals surface area contributed by atoms with E-state index in [-0.39, 0.29) is 27.6 Å². The number of hydrogen-bond donors (Lipinski definition) is 3. The van der Waals surface area contributed by atoms with Crippen LogP contribution in [-0.4, -0.2) is 5.91 Å². The third-order valence-electron chi connectivity index (χ3n) is 5.87. The van der Waals surface area contributed by atoms with Crippen LogP contribution in [0.1, 0.15) is 68.1 Å². The maximum Gasteiger partial charge on any atom is 0.254 e. The predicted octanol–water partition coefficient (Wildman–Crippen LogP) is 4.90. The SMILES string of the molecule is Cc1ccc(C(Nc2c(Nc3c(F)cc(Cl)c4c3C(=O)NC4(C)C)c(=O)c2=O)C(C)(C)C)o1. The Labute approximate surface area is 195 Å². The van der Waals surface area contributed by atoms with Crippen molar-refractivity contribution in [1.29, 1.82) is 0 Å². The maximum absolute atomic E-state index is 14.9.